The Hall–Kier alpha value is -0.940. The van der Waals surface area contributed by atoms with E-state index in [2.05, 4.69) is 27.9 Å². The van der Waals surface area contributed by atoms with E-state index in [-0.39, 0.29) is 5.91 Å². The van der Waals surface area contributed by atoms with E-state index in [0.29, 0.717) is 13.0 Å². The fourth-order valence-electron chi connectivity index (χ4n) is 1.63. The first-order valence-electron chi connectivity index (χ1n) is 6.60. The lowest BCUT2D eigenvalue weighted by atomic mass is 10.2. The predicted molar refractivity (Wildman–Crippen MR) is 76.0 cm³/mol. The minimum absolute atomic E-state index is 0.139. The zero-order chi connectivity index (χ0) is 13.2. The highest BCUT2D eigenvalue weighted by atomic mass is 32.1. The van der Waals surface area contributed by atoms with Gasteiger partial charge in [-0.2, -0.15) is 0 Å². The number of carbonyl (C=O) groups excluding carboxylic acids is 1. The van der Waals surface area contributed by atoms with Gasteiger partial charge in [0.1, 0.15) is 0 Å². The highest BCUT2D eigenvalue weighted by Gasteiger charge is 2.02. The average Bonchev–Trinajstić information content (AvgIpc) is 2.75. The molecule has 0 unspecified atom stereocenters. The molecule has 0 radical (unpaired) electrons. The molecule has 1 aromatic rings. The fraction of sp³-hybridized carbons (Fsp3) is 0.692. The summed E-state index contributed by atoms with van der Waals surface area (Å²) in [5.74, 6) is 0.139. The SMILES string of the molecule is CCCNCCNC(=O)CCCc1csc(C)n1. The number of carbonyl (C=O) groups is 1. The third-order valence-corrected chi connectivity index (χ3v) is 3.38. The molecule has 0 bridgehead atoms. The van der Waals surface area contributed by atoms with Crippen molar-refractivity contribution in [2.24, 2.45) is 0 Å². The number of nitrogens with one attached hydrogen (secondary N) is 2. The van der Waals surface area contributed by atoms with Gasteiger partial charge in [-0.05, 0) is 32.7 Å². The van der Waals surface area contributed by atoms with Crippen LogP contribution in [0.15, 0.2) is 5.38 Å². The molecular weight excluding hydrogens is 246 g/mol. The van der Waals surface area contributed by atoms with Crippen molar-refractivity contribution in [1.82, 2.24) is 15.6 Å². The van der Waals surface area contributed by atoms with Crippen LogP contribution < -0.4 is 10.6 Å². The van der Waals surface area contributed by atoms with E-state index in [4.69, 9.17) is 0 Å². The molecule has 0 aliphatic carbocycles. The van der Waals surface area contributed by atoms with E-state index in [9.17, 15) is 4.79 Å². The molecule has 1 heterocycles. The molecule has 5 heteroatoms. The van der Waals surface area contributed by atoms with Gasteiger partial charge in [0, 0.05) is 24.9 Å². The second kappa shape index (κ2) is 9.05. The Morgan fingerprint density at radius 2 is 2.22 bits per heavy atom. The van der Waals surface area contributed by atoms with Gasteiger partial charge in [-0.25, -0.2) is 4.98 Å². The quantitative estimate of drug-likeness (QED) is 0.673. The highest BCUT2D eigenvalue weighted by molar-refractivity contribution is 7.09. The molecule has 0 aliphatic heterocycles. The molecule has 2 N–H and O–H groups in total. The van der Waals surface area contributed by atoms with E-state index in [1.807, 2.05) is 6.92 Å². The molecule has 18 heavy (non-hydrogen) atoms. The molecule has 4 nitrogen and oxygen atoms in total. The van der Waals surface area contributed by atoms with Gasteiger partial charge in [0.15, 0.2) is 0 Å². The van der Waals surface area contributed by atoms with Crippen molar-refractivity contribution in [3.63, 3.8) is 0 Å². The smallest absolute Gasteiger partial charge is 0.220 e. The molecular formula is C13H23N3OS. The van der Waals surface area contributed by atoms with Gasteiger partial charge in [-0.1, -0.05) is 6.92 Å². The molecule has 0 aliphatic rings. The van der Waals surface area contributed by atoms with E-state index in [1.165, 1.54) is 0 Å². The summed E-state index contributed by atoms with van der Waals surface area (Å²) in [6.45, 7) is 6.72. The van der Waals surface area contributed by atoms with Crippen LogP contribution in [0.1, 0.15) is 36.9 Å². The summed E-state index contributed by atoms with van der Waals surface area (Å²) in [6.07, 6.45) is 3.48. The first kappa shape index (κ1) is 15.1. The van der Waals surface area contributed by atoms with Gasteiger partial charge in [0.2, 0.25) is 5.91 Å². The lowest BCUT2D eigenvalue weighted by molar-refractivity contribution is -0.121. The van der Waals surface area contributed by atoms with Crippen LogP contribution in [0.5, 0.6) is 0 Å². The third-order valence-electron chi connectivity index (χ3n) is 2.55. The maximum atomic E-state index is 11.5. The molecule has 0 saturated carbocycles. The zero-order valence-corrected chi connectivity index (χ0v) is 12.1. The van der Waals surface area contributed by atoms with Gasteiger partial charge in [-0.15, -0.1) is 11.3 Å². The number of nitrogens with zero attached hydrogens (tertiary/aromatic N) is 1. The van der Waals surface area contributed by atoms with Crippen LogP contribution in [0, 0.1) is 6.92 Å². The minimum atomic E-state index is 0.139. The number of hydrogen-bond acceptors (Lipinski definition) is 4. The molecule has 1 amide bonds. The standard InChI is InChI=1S/C13H23N3OS/c1-3-7-14-8-9-15-13(17)6-4-5-12-10-18-11(2)16-12/h10,14H,3-9H2,1-2H3,(H,15,17). The monoisotopic (exact) mass is 269 g/mol. The van der Waals surface area contributed by atoms with Crippen LogP contribution in [0.4, 0.5) is 0 Å². The summed E-state index contributed by atoms with van der Waals surface area (Å²) in [7, 11) is 0. The zero-order valence-electron chi connectivity index (χ0n) is 11.3. The summed E-state index contributed by atoms with van der Waals surface area (Å²) in [5.41, 5.74) is 1.11. The van der Waals surface area contributed by atoms with Gasteiger partial charge in [0.25, 0.3) is 0 Å². The van der Waals surface area contributed by atoms with Crippen LogP contribution in [0.3, 0.4) is 0 Å². The third kappa shape index (κ3) is 6.71. The molecule has 1 rings (SSSR count). The topological polar surface area (TPSA) is 54.0 Å². The Labute approximate surface area is 113 Å². The summed E-state index contributed by atoms with van der Waals surface area (Å²) >= 11 is 1.66. The molecule has 1 aromatic heterocycles. The second-order valence-corrected chi connectivity index (χ2v) is 5.37. The highest BCUT2D eigenvalue weighted by Crippen LogP contribution is 2.10. The van der Waals surface area contributed by atoms with Crippen molar-refractivity contribution in [3.8, 4) is 0 Å². The molecule has 0 aromatic carbocycles. The van der Waals surface area contributed by atoms with E-state index < -0.39 is 0 Å². The first-order valence-corrected chi connectivity index (χ1v) is 7.48. The summed E-state index contributed by atoms with van der Waals surface area (Å²) in [6, 6.07) is 0. The number of aromatic nitrogens is 1. The molecule has 0 atom stereocenters. The Kier molecular flexibility index (Phi) is 7.60. The Morgan fingerprint density at radius 1 is 1.39 bits per heavy atom. The summed E-state index contributed by atoms with van der Waals surface area (Å²) in [4.78, 5) is 15.9. The average molecular weight is 269 g/mol. The van der Waals surface area contributed by atoms with Crippen molar-refractivity contribution in [1.29, 1.82) is 0 Å². The number of aryl methyl sites for hydroxylation is 2. The molecule has 102 valence electrons. The Morgan fingerprint density at radius 3 is 2.89 bits per heavy atom. The number of amides is 1. The van der Waals surface area contributed by atoms with Gasteiger partial charge < -0.3 is 10.6 Å². The fourth-order valence-corrected chi connectivity index (χ4v) is 2.28. The lowest BCUT2D eigenvalue weighted by Gasteiger charge is -2.05. The van der Waals surface area contributed by atoms with Crippen LogP contribution in [0.25, 0.3) is 0 Å². The summed E-state index contributed by atoms with van der Waals surface area (Å²) in [5, 5.41) is 9.33. The van der Waals surface area contributed by atoms with Crippen molar-refractivity contribution >= 4 is 17.2 Å². The van der Waals surface area contributed by atoms with E-state index in [1.54, 1.807) is 11.3 Å². The Balaban J connectivity index is 2.00. The van der Waals surface area contributed by atoms with Gasteiger partial charge in [0.05, 0.1) is 10.7 Å². The molecule has 0 saturated heterocycles. The largest absolute Gasteiger partial charge is 0.355 e. The molecule has 0 fully saturated rings. The first-order chi connectivity index (χ1) is 8.72. The van der Waals surface area contributed by atoms with Crippen molar-refractivity contribution < 1.29 is 4.79 Å². The number of rotatable bonds is 9. The van der Waals surface area contributed by atoms with Crippen LogP contribution in [-0.2, 0) is 11.2 Å². The van der Waals surface area contributed by atoms with Crippen molar-refractivity contribution in [3.05, 3.63) is 16.1 Å². The maximum Gasteiger partial charge on any atom is 0.220 e. The van der Waals surface area contributed by atoms with Gasteiger partial charge >= 0.3 is 0 Å². The maximum absolute atomic E-state index is 11.5. The van der Waals surface area contributed by atoms with Crippen molar-refractivity contribution in [2.45, 2.75) is 39.5 Å². The van der Waals surface area contributed by atoms with E-state index in [0.717, 1.165) is 43.1 Å². The van der Waals surface area contributed by atoms with Crippen LogP contribution in [-0.4, -0.2) is 30.5 Å². The number of hydrogen-bond donors (Lipinski definition) is 2. The van der Waals surface area contributed by atoms with Crippen LogP contribution in [0.2, 0.25) is 0 Å². The number of thiazole rings is 1. The minimum Gasteiger partial charge on any atom is -0.355 e. The second-order valence-electron chi connectivity index (χ2n) is 4.31. The van der Waals surface area contributed by atoms with Gasteiger partial charge in [-0.3, -0.25) is 4.79 Å². The summed E-state index contributed by atoms with van der Waals surface area (Å²) < 4.78 is 0. The molecule has 0 spiro atoms. The Bertz CT molecular complexity index is 352. The predicted octanol–water partition coefficient (Wildman–Crippen LogP) is 1.89. The van der Waals surface area contributed by atoms with Crippen molar-refractivity contribution in [2.75, 3.05) is 19.6 Å². The van der Waals surface area contributed by atoms with Crippen LogP contribution >= 0.6 is 11.3 Å². The lowest BCUT2D eigenvalue weighted by Crippen LogP contribution is -2.31. The normalized spacial score (nSPS) is 10.6. The van der Waals surface area contributed by atoms with E-state index >= 15 is 0 Å².